The van der Waals surface area contributed by atoms with E-state index >= 15 is 0 Å². The third-order valence-electron chi connectivity index (χ3n) is 7.10. The highest BCUT2D eigenvalue weighted by Crippen LogP contribution is 2.30. The topological polar surface area (TPSA) is 98.2 Å². The van der Waals surface area contributed by atoms with Crippen LogP contribution in [0.4, 0.5) is 0 Å². The number of benzene rings is 1. The smallest absolute Gasteiger partial charge is 0.252 e. The molecule has 0 aliphatic carbocycles. The number of tetrazole rings is 1. The number of rotatable bonds is 11. The summed E-state index contributed by atoms with van der Waals surface area (Å²) in [6.45, 7) is 13.1. The number of hydrogen-bond donors (Lipinski definition) is 1. The van der Waals surface area contributed by atoms with Crippen LogP contribution in [0.15, 0.2) is 29.1 Å². The van der Waals surface area contributed by atoms with Crippen LogP contribution in [0.2, 0.25) is 0 Å². The first kappa shape index (κ1) is 25.3. The number of aromatic amines is 1. The Balaban J connectivity index is 1.71. The van der Waals surface area contributed by atoms with Crippen LogP contribution in [-0.2, 0) is 16.8 Å². The van der Waals surface area contributed by atoms with Crippen LogP contribution in [0.3, 0.4) is 0 Å². The van der Waals surface area contributed by atoms with E-state index in [-0.39, 0.29) is 23.2 Å². The molecule has 0 spiro atoms. The zero-order chi connectivity index (χ0) is 25.0. The number of aromatic nitrogens is 5. The first-order valence-corrected chi connectivity index (χ1v) is 12.8. The van der Waals surface area contributed by atoms with Gasteiger partial charge in [0.25, 0.3) is 5.56 Å². The van der Waals surface area contributed by atoms with Gasteiger partial charge in [0, 0.05) is 36.2 Å². The number of ether oxygens (including phenoxy) is 2. The lowest BCUT2D eigenvalue weighted by molar-refractivity contribution is 0.0475. The molecule has 190 valence electrons. The zero-order valence-corrected chi connectivity index (χ0v) is 21.6. The molecule has 9 nitrogen and oxygen atoms in total. The molecule has 2 atom stereocenters. The molecule has 3 aromatic rings. The van der Waals surface area contributed by atoms with Crippen molar-refractivity contribution in [3.63, 3.8) is 0 Å². The Bertz CT molecular complexity index is 1180. The first-order chi connectivity index (χ1) is 16.9. The monoisotopic (exact) mass is 482 g/mol. The van der Waals surface area contributed by atoms with Crippen LogP contribution in [0.5, 0.6) is 5.75 Å². The highest BCUT2D eigenvalue weighted by Gasteiger charge is 2.32. The molecule has 0 bridgehead atoms. The maximum atomic E-state index is 13.1. The average molecular weight is 483 g/mol. The fraction of sp³-hybridized carbons (Fsp3) is 0.615. The molecular formula is C26H38N6O3. The summed E-state index contributed by atoms with van der Waals surface area (Å²) in [6.07, 6.45) is 3.93. The third-order valence-corrected chi connectivity index (χ3v) is 7.10. The van der Waals surface area contributed by atoms with Gasteiger partial charge in [-0.15, -0.1) is 5.10 Å². The number of nitrogens with zero attached hydrogens (tertiary/aromatic N) is 5. The van der Waals surface area contributed by atoms with Crippen LogP contribution < -0.4 is 10.3 Å². The highest BCUT2D eigenvalue weighted by atomic mass is 16.5. The van der Waals surface area contributed by atoms with Crippen molar-refractivity contribution in [3.05, 3.63) is 46.0 Å². The first-order valence-electron chi connectivity index (χ1n) is 12.8. The molecule has 2 aromatic heterocycles. The van der Waals surface area contributed by atoms with E-state index in [9.17, 15) is 4.79 Å². The van der Waals surface area contributed by atoms with Crippen molar-refractivity contribution in [2.45, 2.75) is 84.5 Å². The molecule has 35 heavy (non-hydrogen) atoms. The molecule has 1 aliphatic heterocycles. The lowest BCUT2D eigenvalue weighted by Gasteiger charge is -2.34. The lowest BCUT2D eigenvalue weighted by atomic mass is 10.0. The molecule has 1 fully saturated rings. The molecule has 1 aliphatic rings. The molecule has 0 radical (unpaired) electrons. The molecule has 9 heteroatoms. The van der Waals surface area contributed by atoms with Crippen molar-refractivity contribution in [3.8, 4) is 5.75 Å². The number of pyridine rings is 1. The van der Waals surface area contributed by atoms with Gasteiger partial charge in [-0.3, -0.25) is 9.69 Å². The second-order valence-electron chi connectivity index (χ2n) is 9.91. The number of fused-ring (bicyclic) bond motifs is 1. The Labute approximate surface area is 206 Å². The largest absolute Gasteiger partial charge is 0.494 e. The van der Waals surface area contributed by atoms with Crippen molar-refractivity contribution in [1.82, 2.24) is 30.1 Å². The number of H-pyrrole nitrogens is 1. The summed E-state index contributed by atoms with van der Waals surface area (Å²) in [7, 11) is 0. The van der Waals surface area contributed by atoms with Gasteiger partial charge in [0.15, 0.2) is 5.82 Å². The maximum Gasteiger partial charge on any atom is 0.252 e. The van der Waals surface area contributed by atoms with E-state index in [1.807, 2.05) is 35.9 Å². The minimum atomic E-state index is -0.210. The molecule has 1 N–H and O–H groups in total. The Morgan fingerprint density at radius 1 is 1.29 bits per heavy atom. The van der Waals surface area contributed by atoms with E-state index in [0.717, 1.165) is 54.8 Å². The van der Waals surface area contributed by atoms with Crippen LogP contribution in [0, 0.1) is 0 Å². The third kappa shape index (κ3) is 5.56. The molecule has 1 aromatic carbocycles. The molecule has 0 unspecified atom stereocenters. The Hall–Kier alpha value is -2.78. The normalized spacial score (nSPS) is 17.4. The van der Waals surface area contributed by atoms with Crippen molar-refractivity contribution in [2.24, 2.45) is 0 Å². The molecule has 1 saturated heterocycles. The van der Waals surface area contributed by atoms with Crippen molar-refractivity contribution in [2.75, 3.05) is 19.8 Å². The summed E-state index contributed by atoms with van der Waals surface area (Å²) in [6, 6.07) is 7.68. The number of nitrogens with one attached hydrogen (secondary N) is 1. The predicted molar refractivity (Wildman–Crippen MR) is 136 cm³/mol. The SMILES string of the molecule is CCOc1ccc2[nH]c(=O)c(CN(C[C@@H]3CCCO3)[C@H](CC)c3nnnn3C(C)(C)CC)cc2c1. The van der Waals surface area contributed by atoms with Gasteiger partial charge in [0.05, 0.1) is 24.3 Å². The van der Waals surface area contributed by atoms with Gasteiger partial charge in [-0.2, -0.15) is 0 Å². The van der Waals surface area contributed by atoms with Gasteiger partial charge in [-0.05, 0) is 81.1 Å². The van der Waals surface area contributed by atoms with Crippen LogP contribution >= 0.6 is 0 Å². The maximum absolute atomic E-state index is 13.1. The van der Waals surface area contributed by atoms with E-state index < -0.39 is 0 Å². The minimum absolute atomic E-state index is 0.0510. The van der Waals surface area contributed by atoms with Gasteiger partial charge in [-0.25, -0.2) is 4.68 Å². The van der Waals surface area contributed by atoms with Crippen LogP contribution in [0.1, 0.15) is 77.7 Å². The second kappa shape index (κ2) is 10.9. The Kier molecular flexibility index (Phi) is 7.86. The fourth-order valence-electron chi connectivity index (χ4n) is 4.76. The van der Waals surface area contributed by atoms with Gasteiger partial charge in [0.2, 0.25) is 0 Å². The summed E-state index contributed by atoms with van der Waals surface area (Å²) < 4.78 is 13.6. The predicted octanol–water partition coefficient (Wildman–Crippen LogP) is 4.19. The second-order valence-corrected chi connectivity index (χ2v) is 9.91. The summed E-state index contributed by atoms with van der Waals surface area (Å²) in [5.41, 5.74) is 1.21. The standard InChI is InChI=1S/C26H38N6O3/c1-6-23(24-28-29-30-32(24)26(4,5)7-2)31(17-21-10-9-13-35-21)16-19-14-18-15-20(34-8-3)11-12-22(18)27-25(19)33/h11-12,14-15,21,23H,6-10,13,16-17H2,1-5H3,(H,27,33)/t21-,23+/m0/s1. The van der Waals surface area contributed by atoms with Crippen LogP contribution in [-0.4, -0.2) is 56.0 Å². The molecule has 3 heterocycles. The molecule has 0 saturated carbocycles. The fourth-order valence-corrected chi connectivity index (χ4v) is 4.76. The van der Waals surface area contributed by atoms with Gasteiger partial charge >= 0.3 is 0 Å². The zero-order valence-electron chi connectivity index (χ0n) is 21.6. The quantitative estimate of drug-likeness (QED) is 0.437. The van der Waals surface area contributed by atoms with Crippen molar-refractivity contribution in [1.29, 1.82) is 0 Å². The van der Waals surface area contributed by atoms with E-state index in [2.05, 4.69) is 53.1 Å². The minimum Gasteiger partial charge on any atom is -0.494 e. The summed E-state index contributed by atoms with van der Waals surface area (Å²) in [5, 5.41) is 13.8. The van der Waals surface area contributed by atoms with E-state index in [1.54, 1.807) is 0 Å². The summed E-state index contributed by atoms with van der Waals surface area (Å²) in [4.78, 5) is 18.5. The van der Waals surface area contributed by atoms with Crippen molar-refractivity contribution < 1.29 is 9.47 Å². The lowest BCUT2D eigenvalue weighted by Crippen LogP contribution is -2.39. The van der Waals surface area contributed by atoms with Gasteiger partial charge in [-0.1, -0.05) is 13.8 Å². The average Bonchev–Trinajstić information content (AvgIpc) is 3.53. The van der Waals surface area contributed by atoms with E-state index in [4.69, 9.17) is 9.47 Å². The molecular weight excluding hydrogens is 444 g/mol. The van der Waals surface area contributed by atoms with Gasteiger partial charge < -0.3 is 14.5 Å². The van der Waals surface area contributed by atoms with Crippen molar-refractivity contribution >= 4 is 10.9 Å². The van der Waals surface area contributed by atoms with Crippen LogP contribution in [0.25, 0.3) is 10.9 Å². The summed E-state index contributed by atoms with van der Waals surface area (Å²) in [5.74, 6) is 1.62. The van der Waals surface area contributed by atoms with E-state index in [0.29, 0.717) is 25.3 Å². The Morgan fingerprint density at radius 2 is 2.11 bits per heavy atom. The highest BCUT2D eigenvalue weighted by molar-refractivity contribution is 5.80. The number of hydrogen-bond acceptors (Lipinski definition) is 7. The summed E-state index contributed by atoms with van der Waals surface area (Å²) >= 11 is 0. The molecule has 4 rings (SSSR count). The van der Waals surface area contributed by atoms with E-state index in [1.165, 1.54) is 0 Å². The van der Waals surface area contributed by atoms with Gasteiger partial charge in [0.1, 0.15) is 5.75 Å². The molecule has 0 amide bonds. The Morgan fingerprint density at radius 3 is 2.80 bits per heavy atom.